The van der Waals surface area contributed by atoms with Crippen LogP contribution in [0.1, 0.15) is 48.5 Å². The molecule has 0 fully saturated rings. The number of fused-ring (bicyclic) bond motifs is 1. The van der Waals surface area contributed by atoms with Crippen molar-refractivity contribution in [3.63, 3.8) is 0 Å². The highest BCUT2D eigenvalue weighted by molar-refractivity contribution is 6.08. The van der Waals surface area contributed by atoms with Gasteiger partial charge in [-0.05, 0) is 84.8 Å². The summed E-state index contributed by atoms with van der Waals surface area (Å²) in [6.07, 6.45) is 2.94. The van der Waals surface area contributed by atoms with Crippen molar-refractivity contribution in [2.24, 2.45) is 0 Å². The third-order valence-corrected chi connectivity index (χ3v) is 5.72. The summed E-state index contributed by atoms with van der Waals surface area (Å²) in [4.78, 5) is 31.0. The van der Waals surface area contributed by atoms with Gasteiger partial charge in [0.1, 0.15) is 11.6 Å². The predicted molar refractivity (Wildman–Crippen MR) is 118 cm³/mol. The number of aromatic nitrogens is 1. The number of benzene rings is 2. The summed E-state index contributed by atoms with van der Waals surface area (Å²) >= 11 is 0. The molecule has 158 valence electrons. The normalized spacial score (nSPS) is 13.2. The van der Waals surface area contributed by atoms with Crippen LogP contribution >= 0.6 is 0 Å². The van der Waals surface area contributed by atoms with Gasteiger partial charge in [-0.25, -0.2) is 9.37 Å². The van der Waals surface area contributed by atoms with Crippen LogP contribution < -0.4 is 10.2 Å². The second kappa shape index (κ2) is 8.30. The lowest BCUT2D eigenvalue weighted by atomic mass is 9.90. The molecule has 2 aromatic carbocycles. The number of nitrogens with one attached hydrogen (secondary N) is 1. The maximum absolute atomic E-state index is 14.4. The number of halogens is 1. The Balaban J connectivity index is 1.64. The van der Waals surface area contributed by atoms with Crippen molar-refractivity contribution in [1.29, 1.82) is 0 Å². The molecule has 6 heteroatoms. The van der Waals surface area contributed by atoms with Crippen LogP contribution in [0.3, 0.4) is 0 Å². The van der Waals surface area contributed by atoms with Crippen molar-refractivity contribution in [1.82, 2.24) is 10.3 Å². The monoisotopic (exact) mass is 417 g/mol. The first-order chi connectivity index (χ1) is 14.9. The SMILES string of the molecule is CNC(=O)c1ccc(Cc2cc3c(cc2C)CCN(c2cc(C)ccn2)C3=O)cc1F. The van der Waals surface area contributed by atoms with Crippen LogP contribution in [-0.2, 0) is 12.8 Å². The number of hydrogen-bond donors (Lipinski definition) is 1. The van der Waals surface area contributed by atoms with Crippen LogP contribution in [0, 0.1) is 19.7 Å². The van der Waals surface area contributed by atoms with E-state index >= 15 is 0 Å². The minimum atomic E-state index is -0.555. The maximum atomic E-state index is 14.4. The second-order valence-electron chi connectivity index (χ2n) is 7.90. The highest BCUT2D eigenvalue weighted by Gasteiger charge is 2.27. The lowest BCUT2D eigenvalue weighted by molar-refractivity contribution is 0.0956. The molecule has 0 spiro atoms. The van der Waals surface area contributed by atoms with Crippen LogP contribution in [-0.4, -0.2) is 30.4 Å². The molecule has 4 rings (SSSR count). The molecule has 1 aliphatic rings. The molecule has 0 aliphatic carbocycles. The third kappa shape index (κ3) is 4.06. The number of anilines is 1. The predicted octanol–water partition coefficient (Wildman–Crippen LogP) is 3.99. The Morgan fingerprint density at radius 3 is 2.68 bits per heavy atom. The Morgan fingerprint density at radius 1 is 1.16 bits per heavy atom. The van der Waals surface area contributed by atoms with Gasteiger partial charge >= 0.3 is 0 Å². The Bertz CT molecular complexity index is 1190. The van der Waals surface area contributed by atoms with Crippen molar-refractivity contribution < 1.29 is 14.0 Å². The van der Waals surface area contributed by atoms with Gasteiger partial charge in [0.25, 0.3) is 11.8 Å². The van der Waals surface area contributed by atoms with Gasteiger partial charge in [0.15, 0.2) is 0 Å². The molecule has 0 unspecified atom stereocenters. The van der Waals surface area contributed by atoms with Gasteiger partial charge in [-0.15, -0.1) is 0 Å². The van der Waals surface area contributed by atoms with Crippen LogP contribution in [0.25, 0.3) is 0 Å². The molecular weight excluding hydrogens is 393 g/mol. The molecule has 0 saturated carbocycles. The fourth-order valence-corrected chi connectivity index (χ4v) is 3.98. The quantitative estimate of drug-likeness (QED) is 0.698. The average molecular weight is 417 g/mol. The molecule has 0 radical (unpaired) electrons. The van der Waals surface area contributed by atoms with E-state index in [9.17, 15) is 14.0 Å². The van der Waals surface area contributed by atoms with Crippen LogP contribution in [0.4, 0.5) is 10.2 Å². The van der Waals surface area contributed by atoms with E-state index in [1.807, 2.05) is 32.0 Å². The number of pyridine rings is 1. The summed E-state index contributed by atoms with van der Waals surface area (Å²) in [5, 5.41) is 2.43. The van der Waals surface area contributed by atoms with Crippen LogP contribution in [0.5, 0.6) is 0 Å². The summed E-state index contributed by atoms with van der Waals surface area (Å²) in [7, 11) is 1.47. The van der Waals surface area contributed by atoms with Crippen molar-refractivity contribution in [2.75, 3.05) is 18.5 Å². The number of carbonyl (C=O) groups is 2. The Morgan fingerprint density at radius 2 is 1.97 bits per heavy atom. The Kier molecular flexibility index (Phi) is 5.55. The van der Waals surface area contributed by atoms with Gasteiger partial charge in [-0.1, -0.05) is 12.1 Å². The largest absolute Gasteiger partial charge is 0.355 e. The standard InChI is InChI=1S/C25H24FN3O2/c1-15-6-8-28-23(10-15)29-9-7-18-11-16(2)19(14-21(18)25(29)31)12-17-4-5-20(22(26)13-17)24(30)27-3/h4-6,8,10-11,13-14H,7,9,12H2,1-3H3,(H,27,30). The number of hydrogen-bond acceptors (Lipinski definition) is 3. The van der Waals surface area contributed by atoms with Gasteiger partial charge in [0, 0.05) is 25.4 Å². The molecule has 2 amide bonds. The van der Waals surface area contributed by atoms with E-state index in [2.05, 4.69) is 16.4 Å². The van der Waals surface area contributed by atoms with Crippen LogP contribution in [0.2, 0.25) is 0 Å². The van der Waals surface area contributed by atoms with Crippen molar-refractivity contribution in [2.45, 2.75) is 26.7 Å². The molecular formula is C25H24FN3O2. The lowest BCUT2D eigenvalue weighted by Gasteiger charge is -2.29. The van der Waals surface area contributed by atoms with E-state index in [0.717, 1.165) is 34.2 Å². The molecule has 0 saturated heterocycles. The topological polar surface area (TPSA) is 62.3 Å². The molecule has 5 nitrogen and oxygen atoms in total. The van der Waals surface area contributed by atoms with Crippen LogP contribution in [0.15, 0.2) is 48.7 Å². The number of aryl methyl sites for hydroxylation is 2. The third-order valence-electron chi connectivity index (χ3n) is 5.72. The molecule has 1 aromatic heterocycles. The summed E-state index contributed by atoms with van der Waals surface area (Å²) in [6, 6.07) is 12.4. The summed E-state index contributed by atoms with van der Waals surface area (Å²) in [6.45, 7) is 4.57. The van der Waals surface area contributed by atoms with E-state index < -0.39 is 11.7 Å². The zero-order valence-corrected chi connectivity index (χ0v) is 17.8. The highest BCUT2D eigenvalue weighted by Crippen LogP contribution is 2.27. The smallest absolute Gasteiger partial charge is 0.259 e. The first-order valence-electron chi connectivity index (χ1n) is 10.2. The van der Waals surface area contributed by atoms with E-state index in [0.29, 0.717) is 24.3 Å². The molecule has 0 bridgehead atoms. The highest BCUT2D eigenvalue weighted by atomic mass is 19.1. The summed E-state index contributed by atoms with van der Waals surface area (Å²) < 4.78 is 14.4. The lowest BCUT2D eigenvalue weighted by Crippen LogP contribution is -2.38. The minimum absolute atomic E-state index is 0.0184. The number of amides is 2. The summed E-state index contributed by atoms with van der Waals surface area (Å²) in [5.41, 5.74) is 5.52. The number of rotatable bonds is 4. The van der Waals surface area contributed by atoms with Gasteiger partial charge in [0.2, 0.25) is 0 Å². The van der Waals surface area contributed by atoms with Gasteiger partial charge in [0.05, 0.1) is 5.56 Å². The van der Waals surface area contributed by atoms with Gasteiger partial charge in [-0.3, -0.25) is 14.5 Å². The van der Waals surface area contributed by atoms with E-state index in [4.69, 9.17) is 0 Å². The fraction of sp³-hybridized carbons (Fsp3) is 0.240. The Labute approximate surface area is 180 Å². The van der Waals surface area contributed by atoms with E-state index in [-0.39, 0.29) is 11.5 Å². The number of nitrogens with zero attached hydrogens (tertiary/aromatic N) is 2. The molecule has 31 heavy (non-hydrogen) atoms. The van der Waals surface area contributed by atoms with Gasteiger partial charge < -0.3 is 5.32 Å². The molecule has 1 aliphatic heterocycles. The Hall–Kier alpha value is -3.54. The van der Waals surface area contributed by atoms with E-state index in [1.165, 1.54) is 19.2 Å². The van der Waals surface area contributed by atoms with Crippen molar-refractivity contribution in [3.8, 4) is 0 Å². The number of carbonyl (C=O) groups excluding carboxylic acids is 2. The van der Waals surface area contributed by atoms with Gasteiger partial charge in [-0.2, -0.15) is 0 Å². The first kappa shape index (κ1) is 20.7. The zero-order chi connectivity index (χ0) is 22.1. The van der Waals surface area contributed by atoms with Crippen molar-refractivity contribution >= 4 is 17.6 Å². The summed E-state index contributed by atoms with van der Waals surface area (Å²) in [5.74, 6) is -0.420. The van der Waals surface area contributed by atoms with E-state index in [1.54, 1.807) is 17.2 Å². The molecule has 3 aromatic rings. The average Bonchev–Trinajstić information content (AvgIpc) is 2.74. The molecule has 0 atom stereocenters. The molecule has 1 N–H and O–H groups in total. The second-order valence-corrected chi connectivity index (χ2v) is 7.90. The minimum Gasteiger partial charge on any atom is -0.355 e. The zero-order valence-electron chi connectivity index (χ0n) is 17.8. The van der Waals surface area contributed by atoms with Crippen molar-refractivity contribution in [3.05, 3.63) is 93.4 Å². The fourth-order valence-electron chi connectivity index (χ4n) is 3.98. The maximum Gasteiger partial charge on any atom is 0.259 e. The first-order valence-corrected chi connectivity index (χ1v) is 10.2. The molecule has 2 heterocycles.